The van der Waals surface area contributed by atoms with Crippen LogP contribution in [0.4, 0.5) is 0 Å². The molecule has 5 N–H and O–H groups in total. The molecule has 0 spiro atoms. The van der Waals surface area contributed by atoms with Crippen LogP contribution >= 0.6 is 11.6 Å². The molecule has 19 heavy (non-hydrogen) atoms. The number of aliphatic carboxylic acids is 1. The fraction of sp³-hybridized carbons (Fsp3) is 0.727. The van der Waals surface area contributed by atoms with Gasteiger partial charge in [-0.05, 0) is 18.8 Å². The van der Waals surface area contributed by atoms with E-state index in [4.69, 9.17) is 28.2 Å². The second-order valence-electron chi connectivity index (χ2n) is 4.56. The Balaban J connectivity index is 2.37. The summed E-state index contributed by atoms with van der Waals surface area (Å²) >= 11 is 5.71. The molecular weight excluding hydrogens is 272 g/mol. The molecule has 1 amide bonds. The molecule has 0 aliphatic carbocycles. The van der Waals surface area contributed by atoms with Crippen LogP contribution in [0.2, 0.25) is 0 Å². The van der Waals surface area contributed by atoms with E-state index in [1.807, 2.05) is 0 Å². The Morgan fingerprint density at radius 3 is 2.84 bits per heavy atom. The smallest absolute Gasteiger partial charge is 0.320 e. The van der Waals surface area contributed by atoms with Gasteiger partial charge in [-0.25, -0.2) is 0 Å². The lowest BCUT2D eigenvalue weighted by molar-refractivity contribution is -0.138. The standard InChI is InChI=1S/C11H19ClN4O3/c12-5-7-4-9(17)16(6-7)11(14)15-3-1-2-8(13)10(18)19/h7-8H,1-6,13H2,(H2,14,15)(H,18,19). The summed E-state index contributed by atoms with van der Waals surface area (Å²) < 4.78 is 0. The van der Waals surface area contributed by atoms with E-state index in [1.165, 1.54) is 4.90 Å². The average molecular weight is 291 g/mol. The number of hydrogen-bond donors (Lipinski definition) is 3. The lowest BCUT2D eigenvalue weighted by Gasteiger charge is -2.15. The Morgan fingerprint density at radius 1 is 1.63 bits per heavy atom. The maximum Gasteiger partial charge on any atom is 0.320 e. The first-order valence-electron chi connectivity index (χ1n) is 6.10. The Hall–Kier alpha value is -1.34. The highest BCUT2D eigenvalue weighted by atomic mass is 35.5. The fourth-order valence-electron chi connectivity index (χ4n) is 1.82. The van der Waals surface area contributed by atoms with Crippen LogP contribution in [0.1, 0.15) is 19.3 Å². The van der Waals surface area contributed by atoms with Gasteiger partial charge in [-0.2, -0.15) is 0 Å². The van der Waals surface area contributed by atoms with Crippen molar-refractivity contribution in [2.45, 2.75) is 25.3 Å². The summed E-state index contributed by atoms with van der Waals surface area (Å²) in [6.07, 6.45) is 1.23. The first kappa shape index (κ1) is 15.7. The summed E-state index contributed by atoms with van der Waals surface area (Å²) in [5.74, 6) is -0.404. The highest BCUT2D eigenvalue weighted by Crippen LogP contribution is 2.18. The van der Waals surface area contributed by atoms with Gasteiger partial charge in [-0.3, -0.25) is 19.5 Å². The Kier molecular flexibility index (Phi) is 6.04. The molecule has 1 rings (SSSR count). The van der Waals surface area contributed by atoms with E-state index in [9.17, 15) is 9.59 Å². The van der Waals surface area contributed by atoms with Crippen molar-refractivity contribution in [2.24, 2.45) is 22.4 Å². The number of nitrogens with two attached hydrogens (primary N) is 2. The van der Waals surface area contributed by atoms with Gasteiger partial charge in [0.1, 0.15) is 6.04 Å². The fourth-order valence-corrected chi connectivity index (χ4v) is 2.03. The first-order valence-corrected chi connectivity index (χ1v) is 6.63. The van der Waals surface area contributed by atoms with Crippen LogP contribution in [0.25, 0.3) is 0 Å². The lowest BCUT2D eigenvalue weighted by atomic mass is 10.2. The number of carboxylic acid groups (broad SMARTS) is 1. The normalized spacial score (nSPS) is 21.8. The van der Waals surface area contributed by atoms with Gasteiger partial charge in [-0.15, -0.1) is 11.6 Å². The topological polar surface area (TPSA) is 122 Å². The van der Waals surface area contributed by atoms with Gasteiger partial charge in [0.15, 0.2) is 5.96 Å². The number of nitrogens with zero attached hydrogens (tertiary/aromatic N) is 2. The van der Waals surface area contributed by atoms with Crippen LogP contribution in [0, 0.1) is 5.92 Å². The van der Waals surface area contributed by atoms with Crippen LogP contribution in [0.15, 0.2) is 4.99 Å². The van der Waals surface area contributed by atoms with Gasteiger partial charge in [0.2, 0.25) is 5.91 Å². The molecule has 7 nitrogen and oxygen atoms in total. The van der Waals surface area contributed by atoms with E-state index < -0.39 is 12.0 Å². The summed E-state index contributed by atoms with van der Waals surface area (Å²) in [6, 6.07) is -0.884. The maximum atomic E-state index is 11.6. The number of alkyl halides is 1. The summed E-state index contributed by atoms with van der Waals surface area (Å²) in [5.41, 5.74) is 11.1. The molecule has 8 heteroatoms. The van der Waals surface area contributed by atoms with Crippen molar-refractivity contribution in [3.05, 3.63) is 0 Å². The number of likely N-dealkylation sites (tertiary alicyclic amines) is 1. The Labute approximate surface area is 116 Å². The quantitative estimate of drug-likeness (QED) is 0.265. The molecule has 2 unspecified atom stereocenters. The summed E-state index contributed by atoms with van der Waals surface area (Å²) in [7, 11) is 0. The predicted octanol–water partition coefficient (Wildman–Crippen LogP) is -0.419. The van der Waals surface area contributed by atoms with E-state index in [0.717, 1.165) is 0 Å². The van der Waals surface area contributed by atoms with Crippen LogP contribution < -0.4 is 11.5 Å². The lowest BCUT2D eigenvalue weighted by Crippen LogP contribution is -2.38. The number of guanidine groups is 1. The van der Waals surface area contributed by atoms with Gasteiger partial charge in [-0.1, -0.05) is 0 Å². The molecule has 0 saturated carbocycles. The SMILES string of the molecule is NC(=NCCCC(N)C(=O)O)N1CC(CCl)CC1=O. The monoisotopic (exact) mass is 290 g/mol. The van der Waals surface area contributed by atoms with Crippen molar-refractivity contribution < 1.29 is 14.7 Å². The number of hydrogen-bond acceptors (Lipinski definition) is 4. The minimum absolute atomic E-state index is 0.0749. The summed E-state index contributed by atoms with van der Waals surface area (Å²) in [6.45, 7) is 0.842. The zero-order valence-corrected chi connectivity index (χ0v) is 11.3. The van der Waals surface area contributed by atoms with Crippen LogP contribution in [0.3, 0.4) is 0 Å². The van der Waals surface area contributed by atoms with Crippen molar-refractivity contribution >= 4 is 29.4 Å². The molecule has 0 aromatic rings. The predicted molar refractivity (Wildman–Crippen MR) is 71.9 cm³/mol. The van der Waals surface area contributed by atoms with Gasteiger partial charge in [0, 0.05) is 25.4 Å². The van der Waals surface area contributed by atoms with Crippen molar-refractivity contribution in [1.82, 2.24) is 4.90 Å². The molecule has 2 atom stereocenters. The molecule has 108 valence electrons. The largest absolute Gasteiger partial charge is 0.480 e. The van der Waals surface area contributed by atoms with Crippen LogP contribution in [-0.2, 0) is 9.59 Å². The van der Waals surface area contributed by atoms with Crippen LogP contribution in [-0.4, -0.2) is 52.9 Å². The van der Waals surface area contributed by atoms with Crippen LogP contribution in [0.5, 0.6) is 0 Å². The molecule has 1 aliphatic rings. The summed E-state index contributed by atoms with van der Waals surface area (Å²) in [5, 5.41) is 8.60. The maximum absolute atomic E-state index is 11.6. The van der Waals surface area contributed by atoms with E-state index in [2.05, 4.69) is 4.99 Å². The second-order valence-corrected chi connectivity index (χ2v) is 4.86. The highest BCUT2D eigenvalue weighted by Gasteiger charge is 2.30. The van der Waals surface area contributed by atoms with Crippen molar-refractivity contribution in [1.29, 1.82) is 0 Å². The number of halogens is 1. The number of aliphatic imine (C=N–C) groups is 1. The van der Waals surface area contributed by atoms with Crippen molar-refractivity contribution in [2.75, 3.05) is 19.0 Å². The molecule has 0 radical (unpaired) electrons. The number of carboxylic acids is 1. The minimum atomic E-state index is -1.03. The second kappa shape index (κ2) is 7.30. The molecule has 1 heterocycles. The molecule has 0 aromatic carbocycles. The van der Waals surface area contributed by atoms with E-state index in [1.54, 1.807) is 0 Å². The number of amides is 1. The average Bonchev–Trinajstić information content (AvgIpc) is 2.75. The third-order valence-electron chi connectivity index (χ3n) is 2.96. The molecule has 1 aliphatic heterocycles. The zero-order chi connectivity index (χ0) is 14.4. The molecule has 0 aromatic heterocycles. The summed E-state index contributed by atoms with van der Waals surface area (Å²) in [4.78, 5) is 27.6. The zero-order valence-electron chi connectivity index (χ0n) is 10.6. The molecule has 0 bridgehead atoms. The van der Waals surface area contributed by atoms with E-state index in [-0.39, 0.29) is 17.8 Å². The van der Waals surface area contributed by atoms with Gasteiger partial charge < -0.3 is 16.6 Å². The van der Waals surface area contributed by atoms with E-state index >= 15 is 0 Å². The minimum Gasteiger partial charge on any atom is -0.480 e. The molecule has 1 saturated heterocycles. The Bertz CT molecular complexity index is 375. The first-order chi connectivity index (χ1) is 8.95. The van der Waals surface area contributed by atoms with Crippen molar-refractivity contribution in [3.63, 3.8) is 0 Å². The van der Waals surface area contributed by atoms with E-state index in [0.29, 0.717) is 38.2 Å². The highest BCUT2D eigenvalue weighted by molar-refractivity contribution is 6.18. The number of carbonyl (C=O) groups is 2. The third-order valence-corrected chi connectivity index (χ3v) is 3.40. The number of rotatable bonds is 6. The van der Waals surface area contributed by atoms with Gasteiger partial charge in [0.05, 0.1) is 0 Å². The third kappa shape index (κ3) is 4.68. The Morgan fingerprint density at radius 2 is 2.32 bits per heavy atom. The van der Waals surface area contributed by atoms with Crippen molar-refractivity contribution in [3.8, 4) is 0 Å². The molecule has 1 fully saturated rings. The number of carbonyl (C=O) groups excluding carboxylic acids is 1. The van der Waals surface area contributed by atoms with Gasteiger partial charge in [0.25, 0.3) is 0 Å². The molecular formula is C11H19ClN4O3. The van der Waals surface area contributed by atoms with Gasteiger partial charge >= 0.3 is 5.97 Å².